The van der Waals surface area contributed by atoms with Crippen molar-refractivity contribution in [2.75, 3.05) is 4.90 Å². The van der Waals surface area contributed by atoms with Gasteiger partial charge in [0.05, 0.1) is 39.1 Å². The van der Waals surface area contributed by atoms with Gasteiger partial charge in [0, 0.05) is 60.9 Å². The maximum absolute atomic E-state index is 14.5. The van der Waals surface area contributed by atoms with E-state index in [1.807, 2.05) is 36.4 Å². The molecule has 2 aliphatic rings. The van der Waals surface area contributed by atoms with Crippen molar-refractivity contribution >= 4 is 76.8 Å². The van der Waals surface area contributed by atoms with Crippen LogP contribution in [0, 0.1) is 11.6 Å². The van der Waals surface area contributed by atoms with Gasteiger partial charge in [0.15, 0.2) is 5.82 Å². The van der Waals surface area contributed by atoms with Crippen LogP contribution < -0.4 is 4.90 Å². The Balaban J connectivity index is 1.04. The fraction of sp³-hybridized carbons (Fsp3) is 0.0317. The first-order valence-electron chi connectivity index (χ1n) is 24.1. The predicted molar refractivity (Wildman–Crippen MR) is 287 cm³/mol. The quantitative estimate of drug-likeness (QED) is 0.167. The first kappa shape index (κ1) is 40.4. The van der Waals surface area contributed by atoms with Gasteiger partial charge in [-0.2, -0.15) is 15.0 Å². The van der Waals surface area contributed by atoms with E-state index in [0.717, 1.165) is 99.2 Å². The van der Waals surface area contributed by atoms with E-state index < -0.39 is 0 Å². The van der Waals surface area contributed by atoms with Crippen LogP contribution in [-0.4, -0.2) is 34.7 Å². The molecule has 0 bridgehead atoms. The Morgan fingerprint density at radius 3 is 1.68 bits per heavy atom. The minimum atomic E-state index is -0.289. The van der Waals surface area contributed by atoms with Crippen molar-refractivity contribution in [1.29, 1.82) is 0 Å². The van der Waals surface area contributed by atoms with Crippen LogP contribution in [0.4, 0.5) is 20.2 Å². The maximum atomic E-state index is 14.5. The van der Waals surface area contributed by atoms with Crippen molar-refractivity contribution in [3.05, 3.63) is 242 Å². The van der Waals surface area contributed by atoms with Gasteiger partial charge in [-0.3, -0.25) is 9.13 Å². The Morgan fingerprint density at radius 1 is 0.389 bits per heavy atom. The second kappa shape index (κ2) is 15.5. The SMILES string of the molecule is Fc1ccc(N2c3cc4c(cc3C3C=CC=CC32)c2ccccc2n4-c2nc(-c3ccc(-c4ccccc4)cc3)nc(-n3c4ccccc4c4ccc5c(c6ccccc6n5-c5ccc(F)cc5)c43)n2)cc1. The molecule has 72 heavy (non-hydrogen) atoms. The number of nitrogens with zero attached hydrogens (tertiary/aromatic N) is 7. The Labute approximate surface area is 411 Å². The van der Waals surface area contributed by atoms with Crippen LogP contribution in [0.25, 0.3) is 106 Å². The Morgan fingerprint density at radius 2 is 0.958 bits per heavy atom. The lowest BCUT2D eigenvalue weighted by Gasteiger charge is -2.28. The highest BCUT2D eigenvalue weighted by Crippen LogP contribution is 2.51. The van der Waals surface area contributed by atoms with Crippen LogP contribution in [-0.2, 0) is 0 Å². The van der Waals surface area contributed by atoms with Gasteiger partial charge in [-0.1, -0.05) is 140 Å². The molecule has 9 heteroatoms. The third-order valence-corrected chi connectivity index (χ3v) is 14.8. The molecule has 1 aliphatic carbocycles. The van der Waals surface area contributed by atoms with Crippen molar-refractivity contribution < 1.29 is 8.78 Å². The van der Waals surface area contributed by atoms with Crippen molar-refractivity contribution in [1.82, 2.24) is 28.7 Å². The number of halogens is 2. The topological polar surface area (TPSA) is 56.7 Å². The number of aromatic nitrogens is 6. The van der Waals surface area contributed by atoms with Gasteiger partial charge in [0.1, 0.15) is 11.6 Å². The lowest BCUT2D eigenvalue weighted by Crippen LogP contribution is -2.28. The van der Waals surface area contributed by atoms with Crippen LogP contribution in [0.15, 0.2) is 224 Å². The molecule has 0 saturated carbocycles. The molecule has 4 aromatic heterocycles. The van der Waals surface area contributed by atoms with E-state index in [4.69, 9.17) is 15.0 Å². The standard InChI is InChI=1S/C63H39F2N7/c64-41-26-30-43(31-27-41)69-55-21-11-7-17-49(55)59-56(69)35-34-48-45-14-4-10-20-54(45)72(60(48)59)63-67-61(40-24-22-39(23-25-40)38-12-2-1-3-13-38)66-62(68-63)71-53-19-9-6-16-47(53)51-36-50-46-15-5-8-18-52(46)70(57(50)37-58(51)71)44-32-28-42(65)29-33-44/h1-37,46,52H. The molecule has 15 rings (SSSR count). The summed E-state index contributed by atoms with van der Waals surface area (Å²) in [7, 11) is 0. The summed E-state index contributed by atoms with van der Waals surface area (Å²) in [5.74, 6) is 0.968. The molecule has 340 valence electrons. The smallest absolute Gasteiger partial charge is 0.240 e. The van der Waals surface area contributed by atoms with Crippen LogP contribution in [0.5, 0.6) is 0 Å². The van der Waals surface area contributed by atoms with E-state index >= 15 is 0 Å². The van der Waals surface area contributed by atoms with Gasteiger partial charge in [-0.15, -0.1) is 0 Å². The minimum absolute atomic E-state index is 0.0112. The van der Waals surface area contributed by atoms with Crippen LogP contribution >= 0.6 is 0 Å². The molecular weight excluding hydrogens is 893 g/mol. The Bertz CT molecular complexity index is 4410. The lowest BCUT2D eigenvalue weighted by atomic mass is 9.90. The number of para-hydroxylation sites is 3. The molecule has 0 spiro atoms. The summed E-state index contributed by atoms with van der Waals surface area (Å²) in [4.78, 5) is 18.8. The number of hydrogen-bond acceptors (Lipinski definition) is 4. The summed E-state index contributed by atoms with van der Waals surface area (Å²) in [5, 5.41) is 6.33. The third kappa shape index (κ3) is 5.97. The summed E-state index contributed by atoms with van der Waals surface area (Å²) >= 11 is 0. The molecule has 0 N–H and O–H groups in total. The van der Waals surface area contributed by atoms with Gasteiger partial charge in [0.2, 0.25) is 11.9 Å². The van der Waals surface area contributed by atoms with Gasteiger partial charge in [-0.25, -0.2) is 8.78 Å². The highest BCUT2D eigenvalue weighted by atomic mass is 19.1. The molecule has 13 aromatic rings. The number of fused-ring (bicyclic) bond motifs is 13. The largest absolute Gasteiger partial charge is 0.333 e. The second-order valence-electron chi connectivity index (χ2n) is 18.7. The van der Waals surface area contributed by atoms with E-state index in [1.54, 1.807) is 0 Å². The lowest BCUT2D eigenvalue weighted by molar-refractivity contribution is 0.627. The van der Waals surface area contributed by atoms with Crippen LogP contribution in [0.2, 0.25) is 0 Å². The minimum Gasteiger partial charge on any atom is -0.333 e. The fourth-order valence-electron chi connectivity index (χ4n) is 11.6. The monoisotopic (exact) mass is 931 g/mol. The van der Waals surface area contributed by atoms with Crippen LogP contribution in [0.3, 0.4) is 0 Å². The summed E-state index contributed by atoms with van der Waals surface area (Å²) in [5.41, 5.74) is 12.8. The molecule has 7 nitrogen and oxygen atoms in total. The zero-order valence-electron chi connectivity index (χ0n) is 38.4. The van der Waals surface area contributed by atoms with Crippen molar-refractivity contribution in [2.24, 2.45) is 0 Å². The zero-order chi connectivity index (χ0) is 47.6. The zero-order valence-corrected chi connectivity index (χ0v) is 38.4. The highest BCUT2D eigenvalue weighted by molar-refractivity contribution is 6.26. The van der Waals surface area contributed by atoms with E-state index in [2.05, 4.69) is 182 Å². The molecular formula is C63H39F2N7. The summed E-state index contributed by atoms with van der Waals surface area (Å²) in [6, 6.07) is 66.5. The van der Waals surface area contributed by atoms with E-state index in [0.29, 0.717) is 17.7 Å². The van der Waals surface area contributed by atoms with E-state index in [9.17, 15) is 8.78 Å². The molecule has 2 atom stereocenters. The number of anilines is 2. The molecule has 0 saturated heterocycles. The number of benzene rings is 9. The summed E-state index contributed by atoms with van der Waals surface area (Å²) in [6.45, 7) is 0. The van der Waals surface area contributed by atoms with Crippen molar-refractivity contribution in [3.8, 4) is 40.1 Å². The average molecular weight is 932 g/mol. The number of allylic oxidation sites excluding steroid dienone is 2. The second-order valence-corrected chi connectivity index (χ2v) is 18.7. The molecule has 0 fully saturated rings. The third-order valence-electron chi connectivity index (χ3n) is 14.8. The average Bonchev–Trinajstić information content (AvgIpc) is 4.16. The van der Waals surface area contributed by atoms with E-state index in [-0.39, 0.29) is 23.6 Å². The Hall–Kier alpha value is -9.47. The molecule has 1 aliphatic heterocycles. The van der Waals surface area contributed by atoms with E-state index in [1.165, 1.54) is 29.8 Å². The van der Waals surface area contributed by atoms with Gasteiger partial charge >= 0.3 is 0 Å². The number of hydrogen-bond donors (Lipinski definition) is 0. The van der Waals surface area contributed by atoms with Crippen LogP contribution in [0.1, 0.15) is 11.5 Å². The van der Waals surface area contributed by atoms with Crippen molar-refractivity contribution in [2.45, 2.75) is 12.0 Å². The van der Waals surface area contributed by atoms with Gasteiger partial charge in [-0.05, 0) is 102 Å². The summed E-state index contributed by atoms with van der Waals surface area (Å²) < 4.78 is 35.5. The fourth-order valence-corrected chi connectivity index (χ4v) is 11.6. The van der Waals surface area contributed by atoms with Gasteiger partial charge in [0.25, 0.3) is 0 Å². The molecule has 5 heterocycles. The van der Waals surface area contributed by atoms with Crippen molar-refractivity contribution in [3.63, 3.8) is 0 Å². The Kier molecular flexibility index (Phi) is 8.71. The maximum Gasteiger partial charge on any atom is 0.240 e. The molecule has 2 unspecified atom stereocenters. The predicted octanol–water partition coefficient (Wildman–Crippen LogP) is 15.5. The van der Waals surface area contributed by atoms with Gasteiger partial charge < -0.3 is 9.47 Å². The first-order valence-corrected chi connectivity index (χ1v) is 24.1. The molecule has 0 amide bonds. The highest BCUT2D eigenvalue weighted by Gasteiger charge is 2.38. The molecule has 0 radical (unpaired) electrons. The number of rotatable bonds is 6. The normalized spacial score (nSPS) is 15.2. The summed E-state index contributed by atoms with van der Waals surface area (Å²) in [6.07, 6.45) is 8.72. The molecule has 9 aromatic carbocycles. The first-order chi connectivity index (χ1) is 35.5.